The Morgan fingerprint density at radius 2 is 2.06 bits per heavy atom. The van der Waals surface area contributed by atoms with E-state index < -0.39 is 0 Å². The molecule has 2 aromatic heterocycles. The van der Waals surface area contributed by atoms with Crippen LogP contribution in [0.25, 0.3) is 0 Å². The lowest BCUT2D eigenvalue weighted by atomic mass is 9.99. The molecule has 2 unspecified atom stereocenters. The van der Waals surface area contributed by atoms with Crippen molar-refractivity contribution in [2.45, 2.75) is 32.4 Å². The molecule has 2 aromatic rings. The molecule has 0 saturated heterocycles. The van der Waals surface area contributed by atoms with Gasteiger partial charge in [0, 0.05) is 24.6 Å². The molecule has 2 heterocycles. The Morgan fingerprint density at radius 1 is 1.35 bits per heavy atom. The molecule has 17 heavy (non-hydrogen) atoms. The summed E-state index contributed by atoms with van der Waals surface area (Å²) in [6.07, 6.45) is 8.38. The molecule has 0 aliphatic carbocycles. The maximum atomic E-state index is 6.21. The smallest absolute Gasteiger partial charge is 0.0920 e. The van der Waals surface area contributed by atoms with E-state index in [0.717, 1.165) is 17.5 Å². The van der Waals surface area contributed by atoms with Crippen molar-refractivity contribution in [3.05, 3.63) is 48.0 Å². The number of pyridine rings is 1. The molecule has 0 radical (unpaired) electrons. The number of hydrogen-bond acceptors (Lipinski definition) is 3. The van der Waals surface area contributed by atoms with Gasteiger partial charge in [0.25, 0.3) is 0 Å². The summed E-state index contributed by atoms with van der Waals surface area (Å²) < 4.78 is 1.94. The van der Waals surface area contributed by atoms with Crippen molar-refractivity contribution in [3.63, 3.8) is 0 Å². The number of aryl methyl sites for hydroxylation is 1. The Hall–Kier alpha value is -1.68. The van der Waals surface area contributed by atoms with Gasteiger partial charge in [-0.05, 0) is 36.6 Å². The first kappa shape index (κ1) is 11.8. The Morgan fingerprint density at radius 3 is 2.59 bits per heavy atom. The van der Waals surface area contributed by atoms with Crippen LogP contribution in [0.15, 0.2) is 36.9 Å². The average molecular weight is 230 g/mol. The van der Waals surface area contributed by atoms with Crippen LogP contribution in [-0.4, -0.2) is 20.8 Å². The lowest BCUT2D eigenvalue weighted by molar-refractivity contribution is 0.423. The van der Waals surface area contributed by atoms with Gasteiger partial charge in [0.05, 0.1) is 12.2 Å². The molecule has 4 nitrogen and oxygen atoms in total. The Balaban J connectivity index is 2.39. The standard InChI is InChI=1S/C13H18N4/c1-3-12(14)13(11-4-6-15-7-5-11)17-9-10(2)8-16-17/h4-9,12-13H,3,14H2,1-2H3. The quantitative estimate of drug-likeness (QED) is 0.873. The van der Waals surface area contributed by atoms with Gasteiger partial charge in [0.1, 0.15) is 0 Å². The van der Waals surface area contributed by atoms with Crippen molar-refractivity contribution in [2.24, 2.45) is 5.73 Å². The van der Waals surface area contributed by atoms with Crippen LogP contribution in [0.3, 0.4) is 0 Å². The number of nitrogens with zero attached hydrogens (tertiary/aromatic N) is 3. The molecule has 2 N–H and O–H groups in total. The fraction of sp³-hybridized carbons (Fsp3) is 0.385. The second-order valence-electron chi connectivity index (χ2n) is 4.30. The third-order valence-corrected chi connectivity index (χ3v) is 2.94. The van der Waals surface area contributed by atoms with E-state index in [1.54, 1.807) is 12.4 Å². The van der Waals surface area contributed by atoms with Gasteiger partial charge in [-0.1, -0.05) is 6.92 Å². The van der Waals surface area contributed by atoms with Crippen LogP contribution < -0.4 is 5.73 Å². The Bertz CT molecular complexity index is 463. The summed E-state index contributed by atoms with van der Waals surface area (Å²) in [5.74, 6) is 0. The highest BCUT2D eigenvalue weighted by Gasteiger charge is 2.20. The molecule has 4 heteroatoms. The second kappa shape index (κ2) is 5.10. The van der Waals surface area contributed by atoms with E-state index in [1.165, 1.54) is 0 Å². The van der Waals surface area contributed by atoms with Crippen molar-refractivity contribution in [1.82, 2.24) is 14.8 Å². The molecule has 0 bridgehead atoms. The normalized spacial score (nSPS) is 14.5. The molecule has 0 aliphatic rings. The SMILES string of the molecule is CCC(N)C(c1ccncc1)n1cc(C)cn1. The van der Waals surface area contributed by atoms with E-state index in [0.29, 0.717) is 0 Å². The third-order valence-electron chi connectivity index (χ3n) is 2.94. The number of aromatic nitrogens is 3. The van der Waals surface area contributed by atoms with Gasteiger partial charge in [-0.25, -0.2) is 0 Å². The molecule has 2 atom stereocenters. The molecule has 90 valence electrons. The minimum absolute atomic E-state index is 0.0525. The largest absolute Gasteiger partial charge is 0.326 e. The van der Waals surface area contributed by atoms with Gasteiger partial charge >= 0.3 is 0 Å². The fourth-order valence-corrected chi connectivity index (χ4v) is 1.97. The van der Waals surface area contributed by atoms with Crippen LogP contribution in [0.4, 0.5) is 0 Å². The van der Waals surface area contributed by atoms with E-state index >= 15 is 0 Å². The van der Waals surface area contributed by atoms with E-state index in [1.807, 2.05) is 36.1 Å². The van der Waals surface area contributed by atoms with Gasteiger partial charge in [0.2, 0.25) is 0 Å². The predicted molar refractivity (Wildman–Crippen MR) is 67.6 cm³/mol. The first-order valence-corrected chi connectivity index (χ1v) is 5.88. The van der Waals surface area contributed by atoms with Crippen molar-refractivity contribution < 1.29 is 0 Å². The van der Waals surface area contributed by atoms with Crippen LogP contribution in [0.2, 0.25) is 0 Å². The van der Waals surface area contributed by atoms with Crippen molar-refractivity contribution >= 4 is 0 Å². The van der Waals surface area contributed by atoms with Crippen LogP contribution in [-0.2, 0) is 0 Å². The Kier molecular flexibility index (Phi) is 3.54. The minimum Gasteiger partial charge on any atom is -0.326 e. The monoisotopic (exact) mass is 230 g/mol. The predicted octanol–water partition coefficient (Wildman–Crippen LogP) is 1.91. The zero-order chi connectivity index (χ0) is 12.3. The first-order valence-electron chi connectivity index (χ1n) is 5.88. The zero-order valence-corrected chi connectivity index (χ0v) is 10.2. The molecule has 0 aliphatic heterocycles. The van der Waals surface area contributed by atoms with E-state index in [2.05, 4.69) is 17.0 Å². The van der Waals surface area contributed by atoms with Gasteiger partial charge in [-0.3, -0.25) is 9.67 Å². The highest BCUT2D eigenvalue weighted by Crippen LogP contribution is 2.21. The zero-order valence-electron chi connectivity index (χ0n) is 10.2. The summed E-state index contributed by atoms with van der Waals surface area (Å²) in [6, 6.07) is 4.13. The van der Waals surface area contributed by atoms with Crippen molar-refractivity contribution in [2.75, 3.05) is 0 Å². The summed E-state index contributed by atoms with van der Waals surface area (Å²) in [5, 5.41) is 4.38. The summed E-state index contributed by atoms with van der Waals surface area (Å²) in [6.45, 7) is 4.12. The summed E-state index contributed by atoms with van der Waals surface area (Å²) in [4.78, 5) is 4.04. The van der Waals surface area contributed by atoms with Crippen LogP contribution in [0.1, 0.15) is 30.5 Å². The van der Waals surface area contributed by atoms with E-state index in [4.69, 9.17) is 5.73 Å². The molecule has 0 saturated carbocycles. The lowest BCUT2D eigenvalue weighted by Crippen LogP contribution is -2.32. The maximum Gasteiger partial charge on any atom is 0.0920 e. The molecular formula is C13H18N4. The number of rotatable bonds is 4. The van der Waals surface area contributed by atoms with E-state index in [9.17, 15) is 0 Å². The molecule has 0 aromatic carbocycles. The third kappa shape index (κ3) is 2.53. The first-order chi connectivity index (χ1) is 8.22. The van der Waals surface area contributed by atoms with Crippen LogP contribution >= 0.6 is 0 Å². The number of nitrogens with two attached hydrogens (primary N) is 1. The summed E-state index contributed by atoms with van der Waals surface area (Å²) in [7, 11) is 0. The molecule has 0 spiro atoms. The maximum absolute atomic E-state index is 6.21. The van der Waals surface area contributed by atoms with Crippen LogP contribution in [0.5, 0.6) is 0 Å². The number of hydrogen-bond donors (Lipinski definition) is 1. The Labute approximate surface area is 101 Å². The highest BCUT2D eigenvalue weighted by molar-refractivity contribution is 5.19. The average Bonchev–Trinajstić information content (AvgIpc) is 2.77. The van der Waals surface area contributed by atoms with Crippen LogP contribution in [0, 0.1) is 6.92 Å². The van der Waals surface area contributed by atoms with Gasteiger partial charge in [-0.2, -0.15) is 5.10 Å². The fourth-order valence-electron chi connectivity index (χ4n) is 1.97. The summed E-state index contributed by atoms with van der Waals surface area (Å²) in [5.41, 5.74) is 8.51. The molecule has 0 fully saturated rings. The lowest BCUT2D eigenvalue weighted by Gasteiger charge is -2.23. The van der Waals surface area contributed by atoms with Gasteiger partial charge < -0.3 is 5.73 Å². The topological polar surface area (TPSA) is 56.7 Å². The minimum atomic E-state index is 0.0525. The molecular weight excluding hydrogens is 212 g/mol. The van der Waals surface area contributed by atoms with Crippen molar-refractivity contribution in [3.8, 4) is 0 Å². The van der Waals surface area contributed by atoms with Gasteiger partial charge in [-0.15, -0.1) is 0 Å². The molecule has 0 amide bonds. The van der Waals surface area contributed by atoms with Gasteiger partial charge in [0.15, 0.2) is 0 Å². The second-order valence-corrected chi connectivity index (χ2v) is 4.30. The highest BCUT2D eigenvalue weighted by atomic mass is 15.3. The molecule has 2 rings (SSSR count). The van der Waals surface area contributed by atoms with Crippen molar-refractivity contribution in [1.29, 1.82) is 0 Å². The van der Waals surface area contributed by atoms with E-state index in [-0.39, 0.29) is 12.1 Å². The summed E-state index contributed by atoms with van der Waals surface area (Å²) >= 11 is 0.